The van der Waals surface area contributed by atoms with Gasteiger partial charge in [-0.25, -0.2) is 19.6 Å². The van der Waals surface area contributed by atoms with Gasteiger partial charge in [0.1, 0.15) is 6.04 Å². The summed E-state index contributed by atoms with van der Waals surface area (Å²) in [5.74, 6) is -5.80. The third-order valence-corrected chi connectivity index (χ3v) is 5.23. The van der Waals surface area contributed by atoms with Crippen molar-refractivity contribution in [1.82, 2.24) is 9.97 Å². The predicted octanol–water partition coefficient (Wildman–Crippen LogP) is 5.86. The van der Waals surface area contributed by atoms with E-state index >= 15 is 0 Å². The Labute approximate surface area is 237 Å². The average Bonchev–Trinajstić information content (AvgIpc) is 2.93. The van der Waals surface area contributed by atoms with Gasteiger partial charge < -0.3 is 21.3 Å². The number of carboxylic acid groups (broad SMARTS) is 2. The fourth-order valence-electron chi connectivity index (χ4n) is 3.01. The van der Waals surface area contributed by atoms with Crippen molar-refractivity contribution in [3.8, 4) is 11.1 Å². The first-order valence-corrected chi connectivity index (χ1v) is 11.6. The van der Waals surface area contributed by atoms with Gasteiger partial charge in [0.25, 0.3) is 0 Å². The van der Waals surface area contributed by atoms with Crippen molar-refractivity contribution >= 4 is 46.2 Å². The number of nitrogens with one attached hydrogen (secondary N) is 1. The van der Waals surface area contributed by atoms with E-state index in [2.05, 4.69) is 15.3 Å². The smallest absolute Gasteiger partial charge is 0.475 e. The number of benzene rings is 2. The molecule has 9 nitrogen and oxygen atoms in total. The first-order chi connectivity index (χ1) is 19.5. The van der Waals surface area contributed by atoms with Gasteiger partial charge in [0.2, 0.25) is 5.91 Å². The normalized spacial score (nSPS) is 11.7. The van der Waals surface area contributed by atoms with Gasteiger partial charge in [-0.2, -0.15) is 26.3 Å². The van der Waals surface area contributed by atoms with Crippen LogP contribution in [0.2, 0.25) is 5.02 Å². The number of alkyl halides is 6. The lowest BCUT2D eigenvalue weighted by Crippen LogP contribution is -2.27. The highest BCUT2D eigenvalue weighted by molar-refractivity contribution is 6.30. The molecule has 0 aliphatic heterocycles. The average molecular weight is 617 g/mol. The third kappa shape index (κ3) is 10.0. The number of aromatic nitrogens is 2. The number of anilines is 1. The molecule has 16 heteroatoms. The Morgan fingerprint density at radius 1 is 0.786 bits per heavy atom. The summed E-state index contributed by atoms with van der Waals surface area (Å²) in [6.07, 6.45) is -6.70. The summed E-state index contributed by atoms with van der Waals surface area (Å²) in [5.41, 5.74) is 10.2. The maximum Gasteiger partial charge on any atom is 0.490 e. The molecule has 42 heavy (non-hydrogen) atoms. The predicted molar refractivity (Wildman–Crippen MR) is 139 cm³/mol. The number of pyridine rings is 2. The Morgan fingerprint density at radius 3 is 1.79 bits per heavy atom. The number of nitrogens with zero attached hydrogens (tertiary/aromatic N) is 2. The van der Waals surface area contributed by atoms with E-state index in [1.807, 2.05) is 42.5 Å². The van der Waals surface area contributed by atoms with Gasteiger partial charge in [-0.15, -0.1) is 0 Å². The number of amides is 1. The second-order valence-electron chi connectivity index (χ2n) is 7.93. The highest BCUT2D eigenvalue weighted by Crippen LogP contribution is 2.27. The molecule has 0 saturated heterocycles. The van der Waals surface area contributed by atoms with Gasteiger partial charge in [-0.05, 0) is 59.2 Å². The van der Waals surface area contributed by atoms with E-state index in [0.717, 1.165) is 16.5 Å². The van der Waals surface area contributed by atoms with Crippen molar-refractivity contribution < 1.29 is 50.9 Å². The van der Waals surface area contributed by atoms with E-state index in [9.17, 15) is 31.1 Å². The lowest BCUT2D eigenvalue weighted by atomic mass is 10.0. The van der Waals surface area contributed by atoms with Crippen LogP contribution >= 0.6 is 11.6 Å². The minimum atomic E-state index is -5.08. The molecule has 4 rings (SSSR count). The highest BCUT2D eigenvalue weighted by Gasteiger charge is 2.38. The Kier molecular flexibility index (Phi) is 11.3. The zero-order valence-corrected chi connectivity index (χ0v) is 21.6. The number of carbonyl (C=O) groups is 3. The minimum absolute atomic E-state index is 0.284. The summed E-state index contributed by atoms with van der Waals surface area (Å²) < 4.78 is 63.5. The van der Waals surface area contributed by atoms with Crippen LogP contribution in [0.4, 0.5) is 32.0 Å². The van der Waals surface area contributed by atoms with Crippen LogP contribution in [0.3, 0.4) is 0 Å². The van der Waals surface area contributed by atoms with Crippen LogP contribution < -0.4 is 11.1 Å². The van der Waals surface area contributed by atoms with Crippen molar-refractivity contribution in [1.29, 1.82) is 0 Å². The molecule has 2 aromatic carbocycles. The van der Waals surface area contributed by atoms with Crippen molar-refractivity contribution in [2.75, 3.05) is 5.32 Å². The van der Waals surface area contributed by atoms with E-state index in [-0.39, 0.29) is 5.91 Å². The van der Waals surface area contributed by atoms with Crippen molar-refractivity contribution in [2.45, 2.75) is 18.4 Å². The summed E-state index contributed by atoms with van der Waals surface area (Å²) in [7, 11) is 0. The second-order valence-corrected chi connectivity index (χ2v) is 8.37. The first-order valence-electron chi connectivity index (χ1n) is 11.2. The van der Waals surface area contributed by atoms with Crippen LogP contribution in [-0.4, -0.2) is 50.4 Å². The fourth-order valence-corrected chi connectivity index (χ4v) is 3.13. The number of aliphatic carboxylic acids is 2. The Morgan fingerprint density at radius 2 is 1.29 bits per heavy atom. The van der Waals surface area contributed by atoms with E-state index in [4.69, 9.17) is 37.1 Å². The topological polar surface area (TPSA) is 156 Å². The number of fused-ring (bicyclic) bond motifs is 1. The first kappa shape index (κ1) is 33.4. The molecular formula is C26H19ClF6N4O5. The molecular weight excluding hydrogens is 598 g/mol. The standard InChI is InChI=1S/C22H17ClN4O.2C2HF3O2/c23-16-7-3-15(4-8-16)20(24)22(28)27-17-9-5-14(6-10-17)18-11-13-26-21-19(18)2-1-12-25-21;2*3-2(4,5)1(6)7/h1-13,20H,24H2,(H,27,28);2*(H,6,7). The van der Waals surface area contributed by atoms with Crippen LogP contribution in [0.1, 0.15) is 11.6 Å². The number of halogens is 7. The van der Waals surface area contributed by atoms with Gasteiger partial charge in [0.05, 0.1) is 0 Å². The summed E-state index contributed by atoms with van der Waals surface area (Å²) in [4.78, 5) is 38.8. The van der Waals surface area contributed by atoms with Crippen LogP contribution in [0.15, 0.2) is 79.1 Å². The minimum Gasteiger partial charge on any atom is -0.475 e. The molecule has 2 heterocycles. The summed E-state index contributed by atoms with van der Waals surface area (Å²) in [6.45, 7) is 0. The number of nitrogens with two attached hydrogens (primary N) is 1. The molecule has 0 bridgehead atoms. The van der Waals surface area contributed by atoms with E-state index in [0.29, 0.717) is 21.9 Å². The van der Waals surface area contributed by atoms with Crippen LogP contribution in [0.5, 0.6) is 0 Å². The molecule has 1 unspecified atom stereocenters. The molecule has 0 fully saturated rings. The molecule has 0 radical (unpaired) electrons. The number of carbonyl (C=O) groups excluding carboxylic acids is 1. The highest BCUT2D eigenvalue weighted by atomic mass is 35.5. The number of carboxylic acids is 2. The lowest BCUT2D eigenvalue weighted by Gasteiger charge is -2.13. The van der Waals surface area contributed by atoms with Crippen molar-refractivity contribution in [3.05, 3.63) is 89.7 Å². The van der Waals surface area contributed by atoms with Gasteiger partial charge in [0, 0.05) is 28.5 Å². The van der Waals surface area contributed by atoms with Gasteiger partial charge in [-0.3, -0.25) is 4.79 Å². The maximum absolute atomic E-state index is 12.4. The summed E-state index contributed by atoms with van der Waals surface area (Å²) in [6, 6.07) is 19.6. The van der Waals surface area contributed by atoms with E-state index in [1.165, 1.54) is 0 Å². The molecule has 0 saturated carbocycles. The number of hydrogen-bond donors (Lipinski definition) is 4. The molecule has 0 aliphatic carbocycles. The zero-order valence-electron chi connectivity index (χ0n) is 20.8. The quantitative estimate of drug-likeness (QED) is 0.208. The molecule has 2 aromatic heterocycles. The Bertz CT molecular complexity index is 1500. The molecule has 1 atom stereocenters. The molecule has 0 spiro atoms. The molecule has 0 aliphatic rings. The monoisotopic (exact) mass is 616 g/mol. The molecule has 4 aromatic rings. The molecule has 222 valence electrons. The molecule has 5 N–H and O–H groups in total. The van der Waals surface area contributed by atoms with Crippen LogP contribution in [0, 0.1) is 0 Å². The van der Waals surface area contributed by atoms with E-state index in [1.54, 1.807) is 36.7 Å². The Balaban J connectivity index is 0.000000367. The van der Waals surface area contributed by atoms with E-state index < -0.39 is 30.3 Å². The fraction of sp³-hybridized carbons (Fsp3) is 0.115. The largest absolute Gasteiger partial charge is 0.490 e. The van der Waals surface area contributed by atoms with Crippen LogP contribution in [0.25, 0.3) is 22.2 Å². The van der Waals surface area contributed by atoms with Gasteiger partial charge >= 0.3 is 24.3 Å². The maximum atomic E-state index is 12.4. The van der Waals surface area contributed by atoms with Crippen LogP contribution in [-0.2, 0) is 14.4 Å². The number of rotatable bonds is 4. The zero-order chi connectivity index (χ0) is 31.7. The summed E-state index contributed by atoms with van der Waals surface area (Å²) >= 11 is 5.88. The Hall–Kier alpha value is -4.76. The van der Waals surface area contributed by atoms with Gasteiger partial charge in [-0.1, -0.05) is 35.9 Å². The third-order valence-electron chi connectivity index (χ3n) is 4.97. The van der Waals surface area contributed by atoms with Crippen molar-refractivity contribution in [2.24, 2.45) is 5.73 Å². The summed E-state index contributed by atoms with van der Waals surface area (Å²) in [5, 5.41) is 18.7. The second kappa shape index (κ2) is 14.2. The van der Waals surface area contributed by atoms with Gasteiger partial charge in [0.15, 0.2) is 5.65 Å². The molecule has 1 amide bonds. The number of hydrogen-bond acceptors (Lipinski definition) is 6. The lowest BCUT2D eigenvalue weighted by molar-refractivity contribution is -0.193. The van der Waals surface area contributed by atoms with Crippen molar-refractivity contribution in [3.63, 3.8) is 0 Å². The SMILES string of the molecule is NC(C(=O)Nc1ccc(-c2ccnc3ncccc23)cc1)c1ccc(Cl)cc1.O=C(O)C(F)(F)F.O=C(O)C(F)(F)F.